The maximum atomic E-state index is 11.3. The first kappa shape index (κ1) is 22.2. The Morgan fingerprint density at radius 2 is 1.44 bits per heavy atom. The highest BCUT2D eigenvalue weighted by molar-refractivity contribution is 6.31. The van der Waals surface area contributed by atoms with Gasteiger partial charge in [0, 0.05) is 19.8 Å². The summed E-state index contributed by atoms with van der Waals surface area (Å²) in [6.45, 7) is 3.63. The summed E-state index contributed by atoms with van der Waals surface area (Å²) in [6.07, 6.45) is 0. The molecule has 0 fully saturated rings. The van der Waals surface area contributed by atoms with E-state index in [4.69, 9.17) is 11.6 Å². The Bertz CT molecular complexity index is 827. The predicted molar refractivity (Wildman–Crippen MR) is 105 cm³/mol. The monoisotopic (exact) mass is 394 g/mol. The van der Waals surface area contributed by atoms with Crippen LogP contribution in [0.25, 0.3) is 0 Å². The van der Waals surface area contributed by atoms with E-state index in [9.17, 15) is 9.59 Å². The minimum Gasteiger partial charge on any atom is -0.465 e. The molecule has 0 bridgehead atoms. The molecule has 2 rings (SSSR count). The van der Waals surface area contributed by atoms with Crippen LogP contribution in [0.15, 0.2) is 18.2 Å². The fourth-order valence-electron chi connectivity index (χ4n) is 2.06. The van der Waals surface area contributed by atoms with E-state index >= 15 is 0 Å². The molecule has 2 aromatic rings. The molecule has 0 aromatic carbocycles. The van der Waals surface area contributed by atoms with E-state index in [1.807, 2.05) is 6.92 Å². The maximum Gasteiger partial charge on any atom is 0.341 e. The number of nitrogens with one attached hydrogen (secondary N) is 2. The van der Waals surface area contributed by atoms with E-state index in [-0.39, 0.29) is 5.97 Å². The van der Waals surface area contributed by atoms with Gasteiger partial charge in [-0.15, -0.1) is 0 Å². The van der Waals surface area contributed by atoms with Crippen LogP contribution in [0, 0.1) is 13.8 Å². The maximum absolute atomic E-state index is 11.3. The number of methoxy groups -OCH3 is 2. The van der Waals surface area contributed by atoms with E-state index in [1.165, 1.54) is 14.2 Å². The van der Waals surface area contributed by atoms with Gasteiger partial charge in [0.25, 0.3) is 0 Å². The van der Waals surface area contributed by atoms with Gasteiger partial charge in [-0.2, -0.15) is 0 Å². The smallest absolute Gasteiger partial charge is 0.341 e. The van der Waals surface area contributed by atoms with Crippen LogP contribution >= 0.6 is 11.6 Å². The van der Waals surface area contributed by atoms with Crippen LogP contribution in [0.3, 0.4) is 0 Å². The molecule has 2 heterocycles. The molecule has 0 saturated carbocycles. The number of ether oxygens (including phenoxy) is 2. The number of aryl methyl sites for hydroxylation is 2. The number of esters is 2. The van der Waals surface area contributed by atoms with Crippen LogP contribution in [0.5, 0.6) is 0 Å². The van der Waals surface area contributed by atoms with Crippen LogP contribution in [0.4, 0.5) is 11.6 Å². The number of carbonyl (C=O) groups excluding carboxylic acids is 2. The molecule has 27 heavy (non-hydrogen) atoms. The summed E-state index contributed by atoms with van der Waals surface area (Å²) in [5.41, 5.74) is 2.32. The molecule has 9 heteroatoms. The van der Waals surface area contributed by atoms with Gasteiger partial charge in [-0.3, -0.25) is 0 Å². The third-order valence-electron chi connectivity index (χ3n) is 3.47. The van der Waals surface area contributed by atoms with E-state index in [2.05, 4.69) is 30.1 Å². The summed E-state index contributed by atoms with van der Waals surface area (Å²) in [5, 5.41) is 6.10. The third-order valence-corrected chi connectivity index (χ3v) is 3.85. The molecule has 2 aromatic heterocycles. The summed E-state index contributed by atoms with van der Waals surface area (Å²) in [7, 11) is 6.06. The van der Waals surface area contributed by atoms with Crippen LogP contribution in [0.1, 0.15) is 32.1 Å². The van der Waals surface area contributed by atoms with Gasteiger partial charge >= 0.3 is 11.9 Å². The van der Waals surface area contributed by atoms with Gasteiger partial charge in [-0.25, -0.2) is 19.6 Å². The Labute approximate surface area is 163 Å². The van der Waals surface area contributed by atoms with Crippen molar-refractivity contribution in [3.8, 4) is 0 Å². The molecule has 0 aliphatic rings. The normalized spacial score (nSPS) is 9.59. The Balaban J connectivity index is 0.000000271. The molecule has 0 amide bonds. The first-order valence-electron chi connectivity index (χ1n) is 7.95. The van der Waals surface area contributed by atoms with Crippen molar-refractivity contribution in [2.24, 2.45) is 0 Å². The summed E-state index contributed by atoms with van der Waals surface area (Å²) in [5.74, 6) is 0.186. The highest BCUT2D eigenvalue weighted by Gasteiger charge is 2.14. The Hall–Kier alpha value is -2.87. The minimum absolute atomic E-state index is 0.339. The molecular formula is C18H23ClN4O4. The number of nitrogens with zero attached hydrogens (tertiary/aromatic N) is 2. The highest BCUT2D eigenvalue weighted by Crippen LogP contribution is 2.21. The second-order valence-corrected chi connectivity index (χ2v) is 5.69. The first-order chi connectivity index (χ1) is 12.8. The second kappa shape index (κ2) is 10.3. The third kappa shape index (κ3) is 5.82. The van der Waals surface area contributed by atoms with Crippen LogP contribution < -0.4 is 10.6 Å². The lowest BCUT2D eigenvalue weighted by molar-refractivity contribution is 0.0592. The standard InChI is InChI=1S/C9H11ClN2O2.C9H12N2O2/c1-5-7(10)4-6(9(13)14-3)8(11-2)12-5;1-6-4-5-7(9(12)13-3)8(10-2)11-6/h4H,1-3H3,(H,11,12);4-5H,1-3H3,(H,10,11). The van der Waals surface area contributed by atoms with Gasteiger partial charge in [-0.05, 0) is 32.0 Å². The predicted octanol–water partition coefficient (Wildman–Crippen LogP) is 3.09. The van der Waals surface area contributed by atoms with Crippen molar-refractivity contribution in [1.29, 1.82) is 0 Å². The Morgan fingerprint density at radius 1 is 0.926 bits per heavy atom. The number of hydrogen-bond acceptors (Lipinski definition) is 8. The van der Waals surface area contributed by atoms with Crippen LogP contribution in [0.2, 0.25) is 5.02 Å². The van der Waals surface area contributed by atoms with Crippen molar-refractivity contribution >= 4 is 35.2 Å². The SMILES string of the molecule is CNc1nc(C)c(Cl)cc1C(=O)OC.CNc1nc(C)ccc1C(=O)OC. The van der Waals surface area contributed by atoms with E-state index in [0.717, 1.165) is 5.69 Å². The van der Waals surface area contributed by atoms with Gasteiger partial charge in [0.15, 0.2) is 0 Å². The number of anilines is 2. The van der Waals surface area contributed by atoms with Crippen molar-refractivity contribution in [2.75, 3.05) is 38.9 Å². The molecule has 2 N–H and O–H groups in total. The quantitative estimate of drug-likeness (QED) is 0.762. The number of hydrogen-bond donors (Lipinski definition) is 2. The lowest BCUT2D eigenvalue weighted by Gasteiger charge is -2.08. The van der Waals surface area contributed by atoms with Crippen LogP contribution in [-0.2, 0) is 9.47 Å². The highest BCUT2D eigenvalue weighted by atomic mass is 35.5. The summed E-state index contributed by atoms with van der Waals surface area (Å²) in [4.78, 5) is 30.8. The molecule has 0 aliphatic carbocycles. The van der Waals surface area contributed by atoms with Crippen molar-refractivity contribution < 1.29 is 19.1 Å². The summed E-state index contributed by atoms with van der Waals surface area (Å²) in [6, 6.07) is 5.01. The molecule has 146 valence electrons. The fourth-order valence-corrected chi connectivity index (χ4v) is 2.21. The number of aromatic nitrogens is 2. The molecular weight excluding hydrogens is 372 g/mol. The molecule has 0 spiro atoms. The number of pyridine rings is 2. The molecule has 0 saturated heterocycles. The van der Waals surface area contributed by atoms with Gasteiger partial charge < -0.3 is 20.1 Å². The Kier molecular flexibility index (Phi) is 8.47. The van der Waals surface area contributed by atoms with E-state index in [1.54, 1.807) is 39.2 Å². The molecule has 0 radical (unpaired) electrons. The number of halogens is 1. The summed E-state index contributed by atoms with van der Waals surface area (Å²) < 4.78 is 9.20. The van der Waals surface area contributed by atoms with Gasteiger partial charge in [0.05, 0.1) is 24.9 Å². The topological polar surface area (TPSA) is 102 Å². The van der Waals surface area contributed by atoms with Crippen molar-refractivity contribution in [3.05, 3.63) is 45.7 Å². The molecule has 0 aliphatic heterocycles. The number of carbonyl (C=O) groups is 2. The van der Waals surface area contributed by atoms with Gasteiger partial charge in [0.1, 0.15) is 22.8 Å². The lowest BCUT2D eigenvalue weighted by Crippen LogP contribution is -2.08. The second-order valence-electron chi connectivity index (χ2n) is 5.28. The molecule has 8 nitrogen and oxygen atoms in total. The van der Waals surface area contributed by atoms with Crippen molar-refractivity contribution in [2.45, 2.75) is 13.8 Å². The van der Waals surface area contributed by atoms with Crippen LogP contribution in [-0.4, -0.2) is 50.2 Å². The van der Waals surface area contributed by atoms with Gasteiger partial charge in [0.2, 0.25) is 0 Å². The van der Waals surface area contributed by atoms with E-state index < -0.39 is 5.97 Å². The average molecular weight is 395 g/mol. The van der Waals surface area contributed by atoms with Crippen molar-refractivity contribution in [1.82, 2.24) is 9.97 Å². The molecule has 0 atom stereocenters. The lowest BCUT2D eigenvalue weighted by atomic mass is 10.2. The average Bonchev–Trinajstić information content (AvgIpc) is 2.68. The number of rotatable bonds is 4. The zero-order valence-corrected chi connectivity index (χ0v) is 16.9. The molecule has 0 unspecified atom stereocenters. The zero-order chi connectivity index (χ0) is 20.6. The first-order valence-corrected chi connectivity index (χ1v) is 8.33. The fraction of sp³-hybridized carbons (Fsp3) is 0.333. The minimum atomic E-state index is -0.455. The largest absolute Gasteiger partial charge is 0.465 e. The zero-order valence-electron chi connectivity index (χ0n) is 16.1. The van der Waals surface area contributed by atoms with E-state index in [0.29, 0.717) is 33.5 Å². The summed E-state index contributed by atoms with van der Waals surface area (Å²) >= 11 is 5.85. The Morgan fingerprint density at radius 3 is 1.96 bits per heavy atom. The van der Waals surface area contributed by atoms with Gasteiger partial charge in [-0.1, -0.05) is 11.6 Å². The van der Waals surface area contributed by atoms with Crippen molar-refractivity contribution in [3.63, 3.8) is 0 Å².